The van der Waals surface area contributed by atoms with Crippen molar-refractivity contribution >= 4 is 40.0 Å². The maximum absolute atomic E-state index is 13.2. The molecule has 1 unspecified atom stereocenters. The molecule has 28 heavy (non-hydrogen) atoms. The predicted octanol–water partition coefficient (Wildman–Crippen LogP) is 4.40. The van der Waals surface area contributed by atoms with Crippen LogP contribution in [0.15, 0.2) is 42.5 Å². The van der Waals surface area contributed by atoms with Crippen LogP contribution in [0.2, 0.25) is 10.0 Å². The number of carbonyl (C=O) groups is 1. The number of aromatic nitrogens is 1. The molecule has 142 valence electrons. The second kappa shape index (κ2) is 7.14. The first kappa shape index (κ1) is 18.8. The highest BCUT2D eigenvalue weighted by Crippen LogP contribution is 2.34. The van der Waals surface area contributed by atoms with E-state index in [2.05, 4.69) is 11.4 Å². The Morgan fingerprint density at radius 3 is 2.82 bits per heavy atom. The predicted molar refractivity (Wildman–Crippen MR) is 109 cm³/mol. The minimum absolute atomic E-state index is 0.237. The maximum Gasteiger partial charge on any atom is 0.268 e. The normalized spacial score (nSPS) is 18.9. The third kappa shape index (κ3) is 3.04. The summed E-state index contributed by atoms with van der Waals surface area (Å²) in [6.07, 6.45) is 0.629. The van der Waals surface area contributed by atoms with Crippen molar-refractivity contribution in [3.8, 4) is 6.07 Å². The van der Waals surface area contributed by atoms with Crippen LogP contribution in [0, 0.1) is 11.3 Å². The number of nitrogens with one attached hydrogen (secondary N) is 1. The van der Waals surface area contributed by atoms with E-state index in [0.29, 0.717) is 40.9 Å². The third-order valence-electron chi connectivity index (χ3n) is 5.26. The number of halogens is 2. The van der Waals surface area contributed by atoms with Crippen molar-refractivity contribution < 1.29 is 9.53 Å². The van der Waals surface area contributed by atoms with Gasteiger partial charge < -0.3 is 14.6 Å². The van der Waals surface area contributed by atoms with Gasteiger partial charge in [-0.15, -0.1) is 0 Å². The van der Waals surface area contributed by atoms with Crippen molar-refractivity contribution in [3.63, 3.8) is 0 Å². The standard InChI is InChI=1S/C21H17Cl2N3O2/c1-26-17-6-5-16(22)19(23)15(17)10-18(26)20(27)25-21(7-8-28-12-21)14-4-2-3-13(9-14)11-24/h2-6,9-10H,7-8,12H2,1H3,(H,25,27). The van der Waals surface area contributed by atoms with Crippen molar-refractivity contribution in [2.24, 2.45) is 7.05 Å². The Balaban J connectivity index is 1.74. The van der Waals surface area contributed by atoms with Crippen LogP contribution >= 0.6 is 23.2 Å². The lowest BCUT2D eigenvalue weighted by molar-refractivity contribution is 0.0868. The quantitative estimate of drug-likeness (QED) is 0.691. The van der Waals surface area contributed by atoms with Crippen LogP contribution in [0.3, 0.4) is 0 Å². The van der Waals surface area contributed by atoms with Gasteiger partial charge in [0, 0.05) is 31.0 Å². The molecule has 7 heteroatoms. The van der Waals surface area contributed by atoms with Crippen LogP contribution in [0.25, 0.3) is 10.9 Å². The van der Waals surface area contributed by atoms with Crippen LogP contribution in [-0.2, 0) is 17.3 Å². The average Bonchev–Trinajstić information content (AvgIpc) is 3.31. The Hall–Kier alpha value is -2.52. The number of benzene rings is 2. The van der Waals surface area contributed by atoms with Crippen LogP contribution < -0.4 is 5.32 Å². The van der Waals surface area contributed by atoms with E-state index in [1.165, 1.54) is 0 Å². The molecular weight excluding hydrogens is 397 g/mol. The first-order valence-corrected chi connectivity index (χ1v) is 9.55. The summed E-state index contributed by atoms with van der Waals surface area (Å²) in [6, 6.07) is 14.7. The minimum atomic E-state index is -0.679. The molecule has 0 saturated carbocycles. The summed E-state index contributed by atoms with van der Waals surface area (Å²) >= 11 is 12.4. The van der Waals surface area contributed by atoms with Gasteiger partial charge in [0.15, 0.2) is 0 Å². The number of hydrogen-bond acceptors (Lipinski definition) is 3. The SMILES string of the molecule is Cn1c(C(=O)NC2(c3cccc(C#N)c3)CCOC2)cc2c(Cl)c(Cl)ccc21. The molecule has 1 aliphatic heterocycles. The number of ether oxygens (including phenoxy) is 1. The lowest BCUT2D eigenvalue weighted by Crippen LogP contribution is -2.47. The zero-order valence-corrected chi connectivity index (χ0v) is 16.6. The number of nitriles is 1. The molecule has 0 aliphatic carbocycles. The van der Waals surface area contributed by atoms with Gasteiger partial charge in [0.05, 0.1) is 33.8 Å². The smallest absolute Gasteiger partial charge is 0.268 e. The second-order valence-electron chi connectivity index (χ2n) is 6.91. The Morgan fingerprint density at radius 1 is 1.29 bits per heavy atom. The Kier molecular flexibility index (Phi) is 4.80. The molecule has 1 amide bonds. The van der Waals surface area contributed by atoms with Crippen molar-refractivity contribution in [1.82, 2.24) is 9.88 Å². The summed E-state index contributed by atoms with van der Waals surface area (Å²) in [5.74, 6) is -0.237. The maximum atomic E-state index is 13.2. The van der Waals surface area contributed by atoms with Gasteiger partial charge >= 0.3 is 0 Å². The molecule has 3 aromatic rings. The Labute approximate surface area is 172 Å². The average molecular weight is 414 g/mol. The van der Waals surface area contributed by atoms with Gasteiger partial charge in [-0.25, -0.2) is 0 Å². The zero-order chi connectivity index (χ0) is 19.9. The molecule has 1 fully saturated rings. The van der Waals surface area contributed by atoms with Crippen LogP contribution in [0.5, 0.6) is 0 Å². The monoisotopic (exact) mass is 413 g/mol. The molecular formula is C21H17Cl2N3O2. The van der Waals surface area contributed by atoms with Gasteiger partial charge in [0.2, 0.25) is 0 Å². The molecule has 0 spiro atoms. The fourth-order valence-corrected chi connectivity index (χ4v) is 4.08. The summed E-state index contributed by atoms with van der Waals surface area (Å²) in [6.45, 7) is 0.887. The fourth-order valence-electron chi connectivity index (χ4n) is 3.70. The molecule has 1 atom stereocenters. The van der Waals surface area contributed by atoms with Crippen LogP contribution in [0.4, 0.5) is 0 Å². The van der Waals surface area contributed by atoms with Crippen molar-refractivity contribution in [1.29, 1.82) is 5.26 Å². The lowest BCUT2D eigenvalue weighted by Gasteiger charge is -2.29. The number of carbonyl (C=O) groups excluding carboxylic acids is 1. The highest BCUT2D eigenvalue weighted by Gasteiger charge is 2.39. The summed E-state index contributed by atoms with van der Waals surface area (Å²) < 4.78 is 7.40. The zero-order valence-electron chi connectivity index (χ0n) is 15.1. The molecule has 2 aromatic carbocycles. The van der Waals surface area contributed by atoms with Gasteiger partial charge in [0.1, 0.15) is 5.69 Å². The van der Waals surface area contributed by atoms with Gasteiger partial charge in [-0.1, -0.05) is 35.3 Å². The number of nitrogens with zero attached hydrogens (tertiary/aromatic N) is 2. The largest absolute Gasteiger partial charge is 0.379 e. The molecule has 1 aromatic heterocycles. The lowest BCUT2D eigenvalue weighted by atomic mass is 9.88. The molecule has 5 nitrogen and oxygen atoms in total. The summed E-state index contributed by atoms with van der Waals surface area (Å²) in [5, 5.41) is 14.0. The van der Waals surface area contributed by atoms with E-state index in [1.807, 2.05) is 25.2 Å². The van der Waals surface area contributed by atoms with Gasteiger partial charge in [0.25, 0.3) is 5.91 Å². The van der Waals surface area contributed by atoms with Crippen molar-refractivity contribution in [2.75, 3.05) is 13.2 Å². The molecule has 2 heterocycles. The first-order chi connectivity index (χ1) is 13.4. The van der Waals surface area contributed by atoms with Gasteiger partial charge in [-0.3, -0.25) is 4.79 Å². The van der Waals surface area contributed by atoms with E-state index in [4.69, 9.17) is 27.9 Å². The summed E-state index contributed by atoms with van der Waals surface area (Å²) in [4.78, 5) is 13.2. The van der Waals surface area contributed by atoms with E-state index >= 15 is 0 Å². The molecule has 0 bridgehead atoms. The minimum Gasteiger partial charge on any atom is -0.379 e. The molecule has 4 rings (SSSR count). The number of amides is 1. The topological polar surface area (TPSA) is 67.0 Å². The molecule has 1 saturated heterocycles. The van der Waals surface area contributed by atoms with Gasteiger partial charge in [-0.2, -0.15) is 5.26 Å². The molecule has 1 aliphatic rings. The van der Waals surface area contributed by atoms with Gasteiger partial charge in [-0.05, 0) is 35.9 Å². The molecule has 0 radical (unpaired) electrons. The number of rotatable bonds is 3. The Bertz CT molecular complexity index is 1120. The number of aryl methyl sites for hydroxylation is 1. The van der Waals surface area contributed by atoms with Crippen molar-refractivity contribution in [3.05, 3.63) is 69.3 Å². The van der Waals surface area contributed by atoms with E-state index < -0.39 is 5.54 Å². The van der Waals surface area contributed by atoms with Crippen LogP contribution in [-0.4, -0.2) is 23.7 Å². The van der Waals surface area contributed by atoms with Crippen LogP contribution in [0.1, 0.15) is 28.0 Å². The number of hydrogen-bond donors (Lipinski definition) is 1. The third-order valence-corrected chi connectivity index (χ3v) is 6.08. The number of fused-ring (bicyclic) bond motifs is 1. The van der Waals surface area contributed by atoms with Crippen molar-refractivity contribution in [2.45, 2.75) is 12.0 Å². The van der Waals surface area contributed by atoms with E-state index in [9.17, 15) is 10.1 Å². The van der Waals surface area contributed by atoms with E-state index in [0.717, 1.165) is 16.5 Å². The second-order valence-corrected chi connectivity index (χ2v) is 7.70. The fraction of sp³-hybridized carbons (Fsp3) is 0.238. The van der Waals surface area contributed by atoms with E-state index in [-0.39, 0.29) is 5.91 Å². The summed E-state index contributed by atoms with van der Waals surface area (Å²) in [7, 11) is 1.82. The highest BCUT2D eigenvalue weighted by molar-refractivity contribution is 6.45. The molecule has 1 N–H and O–H groups in total. The highest BCUT2D eigenvalue weighted by atomic mass is 35.5. The summed E-state index contributed by atoms with van der Waals surface area (Å²) in [5.41, 5.74) is 2.02. The Morgan fingerprint density at radius 2 is 2.11 bits per heavy atom. The first-order valence-electron chi connectivity index (χ1n) is 8.79. The van der Waals surface area contributed by atoms with E-state index in [1.54, 1.807) is 28.8 Å².